The first-order valence-corrected chi connectivity index (χ1v) is 9.23. The largest absolute Gasteiger partial charge is 0.342 e. The van der Waals surface area contributed by atoms with E-state index in [0.29, 0.717) is 37.8 Å². The summed E-state index contributed by atoms with van der Waals surface area (Å²) in [5.41, 5.74) is 1.00. The van der Waals surface area contributed by atoms with Crippen LogP contribution in [0.1, 0.15) is 32.3 Å². The molecule has 5 heteroatoms. The Morgan fingerprint density at radius 2 is 1.76 bits per heavy atom. The van der Waals surface area contributed by atoms with Crippen molar-refractivity contribution < 1.29 is 14.0 Å². The van der Waals surface area contributed by atoms with Crippen molar-refractivity contribution in [3.63, 3.8) is 0 Å². The lowest BCUT2D eigenvalue weighted by atomic mass is 9.91. The van der Waals surface area contributed by atoms with E-state index >= 15 is 0 Å². The van der Waals surface area contributed by atoms with Gasteiger partial charge >= 0.3 is 0 Å². The van der Waals surface area contributed by atoms with Crippen molar-refractivity contribution in [3.05, 3.63) is 35.6 Å². The first kappa shape index (κ1) is 17.9. The Balaban J connectivity index is 1.54. The smallest absolute Gasteiger partial charge is 0.228 e. The van der Waals surface area contributed by atoms with Gasteiger partial charge in [0.1, 0.15) is 5.82 Å². The van der Waals surface area contributed by atoms with Crippen LogP contribution in [0.15, 0.2) is 24.3 Å². The lowest BCUT2D eigenvalue weighted by Crippen LogP contribution is -2.45. The first-order valence-electron chi connectivity index (χ1n) is 9.23. The zero-order valence-corrected chi connectivity index (χ0v) is 15.1. The fourth-order valence-corrected chi connectivity index (χ4v) is 4.17. The third kappa shape index (κ3) is 4.39. The van der Waals surface area contributed by atoms with E-state index in [-0.39, 0.29) is 23.5 Å². The molecule has 3 rings (SSSR count). The molecule has 2 aliphatic rings. The van der Waals surface area contributed by atoms with Gasteiger partial charge in [-0.1, -0.05) is 26.0 Å². The summed E-state index contributed by atoms with van der Waals surface area (Å²) >= 11 is 0. The number of carbonyl (C=O) groups is 2. The normalized spacial score (nSPS) is 27.0. The van der Waals surface area contributed by atoms with Crippen LogP contribution in [0, 0.1) is 23.6 Å². The topological polar surface area (TPSA) is 40.6 Å². The molecule has 1 aromatic carbocycles. The minimum absolute atomic E-state index is 0.0542. The van der Waals surface area contributed by atoms with Gasteiger partial charge in [-0.25, -0.2) is 4.39 Å². The van der Waals surface area contributed by atoms with Crippen LogP contribution < -0.4 is 0 Å². The third-order valence-corrected chi connectivity index (χ3v) is 5.33. The van der Waals surface area contributed by atoms with E-state index in [1.54, 1.807) is 17.0 Å². The van der Waals surface area contributed by atoms with Gasteiger partial charge in [0.15, 0.2) is 0 Å². The lowest BCUT2D eigenvalue weighted by molar-refractivity contribution is -0.138. The van der Waals surface area contributed by atoms with Gasteiger partial charge in [-0.15, -0.1) is 0 Å². The highest BCUT2D eigenvalue weighted by molar-refractivity contribution is 5.89. The van der Waals surface area contributed by atoms with E-state index in [1.165, 1.54) is 12.1 Å². The number of halogens is 1. The molecule has 3 atom stereocenters. The van der Waals surface area contributed by atoms with Gasteiger partial charge in [0.25, 0.3) is 0 Å². The molecule has 0 N–H and O–H groups in total. The summed E-state index contributed by atoms with van der Waals surface area (Å²) in [5.74, 6) is 0.781. The fourth-order valence-electron chi connectivity index (χ4n) is 4.17. The number of rotatable bonds is 4. The summed E-state index contributed by atoms with van der Waals surface area (Å²) in [7, 11) is 0. The predicted molar refractivity (Wildman–Crippen MR) is 94.3 cm³/mol. The SMILES string of the molecule is C[C@@H]1C[C@@H](C)CN(C(=O)[C@@H]2CC(=O)N(CCc3ccc(F)cc3)C2)C1. The van der Waals surface area contributed by atoms with Crippen molar-refractivity contribution in [2.45, 2.75) is 33.1 Å². The number of carbonyl (C=O) groups excluding carboxylic acids is 2. The second-order valence-electron chi connectivity index (χ2n) is 7.81. The molecule has 2 amide bonds. The van der Waals surface area contributed by atoms with Crippen molar-refractivity contribution in [3.8, 4) is 0 Å². The molecule has 0 radical (unpaired) electrons. The molecule has 0 bridgehead atoms. The van der Waals surface area contributed by atoms with Crippen LogP contribution >= 0.6 is 0 Å². The van der Waals surface area contributed by atoms with Crippen LogP contribution in [0.25, 0.3) is 0 Å². The summed E-state index contributed by atoms with van der Waals surface area (Å²) in [6.07, 6.45) is 2.17. The highest BCUT2D eigenvalue weighted by Gasteiger charge is 2.37. The highest BCUT2D eigenvalue weighted by Crippen LogP contribution is 2.26. The number of hydrogen-bond donors (Lipinski definition) is 0. The van der Waals surface area contributed by atoms with Crippen LogP contribution in [0.4, 0.5) is 4.39 Å². The second kappa shape index (κ2) is 7.54. The average molecular weight is 346 g/mol. The van der Waals surface area contributed by atoms with Crippen molar-refractivity contribution in [1.82, 2.24) is 9.80 Å². The molecular formula is C20H27FN2O2. The molecular weight excluding hydrogens is 319 g/mol. The molecule has 2 fully saturated rings. The van der Waals surface area contributed by atoms with Gasteiger partial charge in [-0.05, 0) is 42.4 Å². The Kier molecular flexibility index (Phi) is 5.40. The molecule has 0 saturated carbocycles. The lowest BCUT2D eigenvalue weighted by Gasteiger charge is -2.36. The van der Waals surface area contributed by atoms with Gasteiger partial charge < -0.3 is 9.80 Å². The molecule has 2 aliphatic heterocycles. The zero-order chi connectivity index (χ0) is 18.0. The van der Waals surface area contributed by atoms with Crippen LogP contribution in [0.5, 0.6) is 0 Å². The summed E-state index contributed by atoms with van der Waals surface area (Å²) in [6.45, 7) is 7.08. The van der Waals surface area contributed by atoms with Gasteiger partial charge in [0.2, 0.25) is 11.8 Å². The quantitative estimate of drug-likeness (QED) is 0.841. The maximum absolute atomic E-state index is 13.0. The Hall–Kier alpha value is -1.91. The molecule has 1 aromatic rings. The summed E-state index contributed by atoms with van der Waals surface area (Å²) < 4.78 is 13.0. The molecule has 0 aliphatic carbocycles. The van der Waals surface area contributed by atoms with Gasteiger partial charge in [0, 0.05) is 32.6 Å². The molecule has 2 saturated heterocycles. The van der Waals surface area contributed by atoms with Crippen molar-refractivity contribution >= 4 is 11.8 Å². The molecule has 4 nitrogen and oxygen atoms in total. The number of hydrogen-bond acceptors (Lipinski definition) is 2. The average Bonchev–Trinajstić information content (AvgIpc) is 2.93. The zero-order valence-electron chi connectivity index (χ0n) is 15.1. The monoisotopic (exact) mass is 346 g/mol. The Morgan fingerprint density at radius 1 is 1.12 bits per heavy atom. The van der Waals surface area contributed by atoms with Gasteiger partial charge in [0.05, 0.1) is 5.92 Å². The van der Waals surface area contributed by atoms with Crippen LogP contribution in [-0.2, 0) is 16.0 Å². The molecule has 25 heavy (non-hydrogen) atoms. The van der Waals surface area contributed by atoms with Gasteiger partial charge in [-0.3, -0.25) is 9.59 Å². The number of likely N-dealkylation sites (tertiary alicyclic amines) is 2. The summed E-state index contributed by atoms with van der Waals surface area (Å²) in [6, 6.07) is 6.36. The van der Waals surface area contributed by atoms with E-state index < -0.39 is 0 Å². The van der Waals surface area contributed by atoms with E-state index in [0.717, 1.165) is 25.1 Å². The number of piperidine rings is 1. The van der Waals surface area contributed by atoms with E-state index in [2.05, 4.69) is 13.8 Å². The minimum atomic E-state index is -0.253. The molecule has 0 aromatic heterocycles. The van der Waals surface area contributed by atoms with Crippen molar-refractivity contribution in [1.29, 1.82) is 0 Å². The Labute approximate surface area is 149 Å². The van der Waals surface area contributed by atoms with E-state index in [1.807, 2.05) is 4.90 Å². The van der Waals surface area contributed by atoms with Gasteiger partial charge in [-0.2, -0.15) is 0 Å². The number of benzene rings is 1. The first-order chi connectivity index (χ1) is 11.9. The molecule has 2 heterocycles. The van der Waals surface area contributed by atoms with Crippen molar-refractivity contribution in [2.75, 3.05) is 26.2 Å². The fraction of sp³-hybridized carbons (Fsp3) is 0.600. The van der Waals surface area contributed by atoms with Crippen LogP contribution in [-0.4, -0.2) is 47.8 Å². The maximum Gasteiger partial charge on any atom is 0.228 e. The Bertz CT molecular complexity index is 621. The number of amides is 2. The van der Waals surface area contributed by atoms with Crippen LogP contribution in [0.2, 0.25) is 0 Å². The molecule has 0 unspecified atom stereocenters. The summed E-state index contributed by atoms with van der Waals surface area (Å²) in [5, 5.41) is 0. The third-order valence-electron chi connectivity index (χ3n) is 5.33. The second-order valence-corrected chi connectivity index (χ2v) is 7.81. The molecule has 136 valence electrons. The standard InChI is InChI=1S/C20H27FN2O2/c1-14-9-15(2)12-23(11-14)20(25)17-10-19(24)22(13-17)8-7-16-3-5-18(21)6-4-16/h3-6,14-15,17H,7-13H2,1-2H3/t14-,15-,17-/m1/s1. The summed E-state index contributed by atoms with van der Waals surface area (Å²) in [4.78, 5) is 28.8. The minimum Gasteiger partial charge on any atom is -0.342 e. The predicted octanol–water partition coefficient (Wildman–Crippen LogP) is 2.72. The van der Waals surface area contributed by atoms with E-state index in [9.17, 15) is 14.0 Å². The highest BCUT2D eigenvalue weighted by atomic mass is 19.1. The van der Waals surface area contributed by atoms with Crippen molar-refractivity contribution in [2.24, 2.45) is 17.8 Å². The van der Waals surface area contributed by atoms with E-state index in [4.69, 9.17) is 0 Å². The number of nitrogens with zero attached hydrogens (tertiary/aromatic N) is 2. The maximum atomic E-state index is 13.0. The Morgan fingerprint density at radius 3 is 2.40 bits per heavy atom. The molecule has 0 spiro atoms. The van der Waals surface area contributed by atoms with Crippen LogP contribution in [0.3, 0.4) is 0 Å².